The molecular formula is C47H62BrN5O10. The Hall–Kier alpha value is -4.96. The van der Waals surface area contributed by atoms with Crippen LogP contribution in [0.3, 0.4) is 0 Å². The zero-order chi connectivity index (χ0) is 46.3. The summed E-state index contributed by atoms with van der Waals surface area (Å²) in [6.07, 6.45) is -1.93. The average molecular weight is 937 g/mol. The number of benzene rings is 2. The first-order chi connectivity index (χ1) is 29.8. The molecule has 15 nitrogen and oxygen atoms in total. The number of rotatable bonds is 11. The lowest BCUT2D eigenvalue weighted by Gasteiger charge is -2.43. The zero-order valence-corrected chi connectivity index (χ0v) is 38.8. The fourth-order valence-electron chi connectivity index (χ4n) is 8.23. The number of piperidine rings is 1. The number of cyclic esters (lactones) is 1. The number of fused-ring (bicyclic) bond motifs is 2. The molecule has 2 aromatic carbocycles. The lowest BCUT2D eigenvalue weighted by atomic mass is 9.86. The number of ketones is 2. The van der Waals surface area contributed by atoms with Gasteiger partial charge in [0.05, 0.1) is 18.0 Å². The predicted molar refractivity (Wildman–Crippen MR) is 236 cm³/mol. The third-order valence-corrected chi connectivity index (χ3v) is 13.0. The van der Waals surface area contributed by atoms with Gasteiger partial charge in [0.1, 0.15) is 30.5 Å². The minimum atomic E-state index is -1.39. The van der Waals surface area contributed by atoms with E-state index in [1.165, 1.54) is 25.8 Å². The average Bonchev–Trinajstić information content (AvgIpc) is 4.09. The highest BCUT2D eigenvalue weighted by molar-refractivity contribution is 9.10. The van der Waals surface area contributed by atoms with E-state index in [-0.39, 0.29) is 43.9 Å². The molecule has 342 valence electrons. The van der Waals surface area contributed by atoms with Crippen LogP contribution in [0, 0.1) is 29.6 Å². The molecule has 2 aliphatic heterocycles. The minimum absolute atomic E-state index is 0.0161. The molecule has 9 atom stereocenters. The number of likely N-dealkylation sites (N-methyl/N-ethyl adjacent to an activating group) is 1. The third-order valence-electron chi connectivity index (χ3n) is 12.4. The SMILES string of the molecule is CC(C)C(=O)N[C@@H](C)C(=O)C[C@@H]1C(=O)N[C@@H](C2CC2)C(=O)C[C@H]2CC[C@@H](O)N(C2=O)[C@@H](Cc2ccc(Br)cc2)C(=O)N(C)[C@@H](Cc2ccccc2)C(=O)N[C@@H](C(C)C)C(=O)O[C@@H]1C. The summed E-state index contributed by atoms with van der Waals surface area (Å²) in [4.78, 5) is 115. The van der Waals surface area contributed by atoms with Gasteiger partial charge >= 0.3 is 5.97 Å². The molecule has 63 heavy (non-hydrogen) atoms. The second-order valence-electron chi connectivity index (χ2n) is 18.0. The number of halogens is 1. The van der Waals surface area contributed by atoms with Crippen molar-refractivity contribution in [2.45, 2.75) is 135 Å². The molecule has 2 bridgehead atoms. The number of nitrogens with zero attached hydrogens (tertiary/aromatic N) is 2. The Balaban J connectivity index is 1.59. The first-order valence-electron chi connectivity index (χ1n) is 22.0. The van der Waals surface area contributed by atoms with Crippen LogP contribution in [-0.2, 0) is 55.9 Å². The molecule has 0 spiro atoms. The van der Waals surface area contributed by atoms with E-state index >= 15 is 4.79 Å². The molecule has 0 unspecified atom stereocenters. The predicted octanol–water partition coefficient (Wildman–Crippen LogP) is 3.66. The first-order valence-corrected chi connectivity index (χ1v) is 22.8. The van der Waals surface area contributed by atoms with E-state index in [9.17, 15) is 38.7 Å². The van der Waals surface area contributed by atoms with E-state index in [4.69, 9.17) is 4.74 Å². The van der Waals surface area contributed by atoms with Crippen molar-refractivity contribution >= 4 is 63.0 Å². The van der Waals surface area contributed by atoms with Crippen LogP contribution in [0.4, 0.5) is 0 Å². The van der Waals surface area contributed by atoms with Gasteiger partial charge in [0.15, 0.2) is 11.6 Å². The molecule has 16 heteroatoms. The second kappa shape index (κ2) is 21.6. The summed E-state index contributed by atoms with van der Waals surface area (Å²) in [5.74, 6) is -8.31. The maximum Gasteiger partial charge on any atom is 0.329 e. The van der Waals surface area contributed by atoms with Crippen molar-refractivity contribution in [3.05, 3.63) is 70.2 Å². The highest BCUT2D eigenvalue weighted by Gasteiger charge is 2.47. The monoisotopic (exact) mass is 935 g/mol. The Morgan fingerprint density at radius 3 is 2.05 bits per heavy atom. The van der Waals surface area contributed by atoms with Gasteiger partial charge in [-0.3, -0.25) is 33.6 Å². The number of ether oxygens (including phenoxy) is 1. The quantitative estimate of drug-likeness (QED) is 0.241. The number of amides is 5. The van der Waals surface area contributed by atoms with Gasteiger partial charge in [0.2, 0.25) is 29.5 Å². The number of carbonyl (C=O) groups excluding carboxylic acids is 8. The molecular weight excluding hydrogens is 874 g/mol. The van der Waals surface area contributed by atoms with Crippen LogP contribution in [0.5, 0.6) is 0 Å². The lowest BCUT2D eigenvalue weighted by molar-refractivity contribution is -0.167. The molecule has 3 fully saturated rings. The van der Waals surface area contributed by atoms with Crippen molar-refractivity contribution in [3.63, 3.8) is 0 Å². The van der Waals surface area contributed by atoms with Gasteiger partial charge in [0, 0.05) is 49.0 Å². The maximum atomic E-state index is 15.0. The zero-order valence-electron chi connectivity index (χ0n) is 37.2. The van der Waals surface area contributed by atoms with Crippen molar-refractivity contribution in [1.29, 1.82) is 0 Å². The highest BCUT2D eigenvalue weighted by atomic mass is 79.9. The number of carbonyl (C=O) groups is 8. The molecule has 3 aliphatic rings. The standard InChI is InChI=1S/C47H62BrN5O10/c1-25(2)40-47(62)63-28(6)34(24-37(54)27(5)49-42(57)26(3)4)43(58)51-41(31-15-16-31)38(55)23-32-17-20-39(56)53(45(32)60)36(22-30-13-18-33(48)19-14-30)46(61)52(7)35(44(59)50-40)21-29-11-9-8-10-12-29/h8-14,18-19,25-28,31-32,34-36,39-41,56H,15-17,20-24H2,1-7H3,(H,49,57)(H,50,59)(H,51,58)/t27-,28+,32+,34-,35-,36-,39+,40-,41-/m0/s1. The largest absolute Gasteiger partial charge is 0.460 e. The Morgan fingerprint density at radius 2 is 1.44 bits per heavy atom. The van der Waals surface area contributed by atoms with Crippen molar-refractivity contribution in [2.24, 2.45) is 29.6 Å². The normalized spacial score (nSPS) is 27.5. The summed E-state index contributed by atoms with van der Waals surface area (Å²) >= 11 is 3.44. The summed E-state index contributed by atoms with van der Waals surface area (Å²) < 4.78 is 6.72. The van der Waals surface area contributed by atoms with Gasteiger partial charge in [-0.25, -0.2) is 4.79 Å². The van der Waals surface area contributed by atoms with Crippen LogP contribution in [0.2, 0.25) is 0 Å². The molecule has 5 amide bonds. The smallest absolute Gasteiger partial charge is 0.329 e. The van der Waals surface area contributed by atoms with Gasteiger partial charge in [-0.15, -0.1) is 0 Å². The minimum Gasteiger partial charge on any atom is -0.460 e. The fraction of sp³-hybridized carbons (Fsp3) is 0.574. The van der Waals surface area contributed by atoms with E-state index in [1.807, 2.05) is 6.07 Å². The molecule has 1 saturated carbocycles. The molecule has 0 radical (unpaired) electrons. The Bertz CT molecular complexity index is 2010. The molecule has 2 aromatic rings. The van der Waals surface area contributed by atoms with E-state index in [2.05, 4.69) is 31.9 Å². The number of nitrogens with one attached hydrogen (secondary N) is 3. The van der Waals surface area contributed by atoms with Gasteiger partial charge in [-0.2, -0.15) is 0 Å². The Labute approximate surface area is 377 Å². The number of Topliss-reactive ketones (excluding diaryl/α,β-unsaturated/α-hetero) is 2. The van der Waals surface area contributed by atoms with Crippen molar-refractivity contribution < 1.29 is 48.2 Å². The van der Waals surface area contributed by atoms with Crippen LogP contribution >= 0.6 is 15.9 Å². The topological polar surface area (TPSA) is 209 Å². The maximum absolute atomic E-state index is 15.0. The van der Waals surface area contributed by atoms with Crippen molar-refractivity contribution in [3.8, 4) is 0 Å². The van der Waals surface area contributed by atoms with Crippen LogP contribution < -0.4 is 16.0 Å². The van der Waals surface area contributed by atoms with Crippen molar-refractivity contribution in [1.82, 2.24) is 25.8 Å². The van der Waals surface area contributed by atoms with Crippen LogP contribution in [0.1, 0.15) is 91.2 Å². The van der Waals surface area contributed by atoms with E-state index in [0.717, 1.165) is 9.37 Å². The molecule has 1 aliphatic carbocycles. The van der Waals surface area contributed by atoms with Gasteiger partial charge in [-0.1, -0.05) is 86.1 Å². The van der Waals surface area contributed by atoms with Crippen molar-refractivity contribution in [2.75, 3.05) is 7.05 Å². The summed E-state index contributed by atoms with van der Waals surface area (Å²) in [5.41, 5.74) is 1.37. The van der Waals surface area contributed by atoms with Gasteiger partial charge in [0.25, 0.3) is 0 Å². The molecule has 2 saturated heterocycles. The summed E-state index contributed by atoms with van der Waals surface area (Å²) in [6, 6.07) is 10.3. The number of esters is 1. The lowest BCUT2D eigenvalue weighted by Crippen LogP contribution is -2.62. The summed E-state index contributed by atoms with van der Waals surface area (Å²) in [6.45, 7) is 9.70. The Kier molecular flexibility index (Phi) is 16.8. The number of hydrogen-bond acceptors (Lipinski definition) is 10. The number of aliphatic hydroxyl groups is 1. The molecule has 0 aromatic heterocycles. The number of aliphatic hydroxyl groups excluding tert-OH is 1. The fourth-order valence-corrected chi connectivity index (χ4v) is 8.50. The van der Waals surface area contributed by atoms with Crippen LogP contribution in [0.25, 0.3) is 0 Å². The van der Waals surface area contributed by atoms with Gasteiger partial charge < -0.3 is 35.6 Å². The second-order valence-corrected chi connectivity index (χ2v) is 18.9. The van der Waals surface area contributed by atoms with E-state index < -0.39 is 114 Å². The molecule has 5 rings (SSSR count). The highest BCUT2D eigenvalue weighted by Crippen LogP contribution is 2.36. The van der Waals surface area contributed by atoms with Crippen LogP contribution in [-0.4, -0.2) is 112 Å². The first kappa shape index (κ1) is 49.1. The van der Waals surface area contributed by atoms with Gasteiger partial charge in [-0.05, 0) is 74.6 Å². The van der Waals surface area contributed by atoms with E-state index in [0.29, 0.717) is 24.0 Å². The summed E-state index contributed by atoms with van der Waals surface area (Å²) in [7, 11) is 1.45. The molecule has 2 heterocycles. The number of hydrogen-bond donors (Lipinski definition) is 4. The third kappa shape index (κ3) is 12.6. The van der Waals surface area contributed by atoms with Crippen LogP contribution in [0.15, 0.2) is 59.1 Å². The Morgan fingerprint density at radius 1 is 0.825 bits per heavy atom. The summed E-state index contributed by atoms with van der Waals surface area (Å²) in [5, 5.41) is 19.8. The molecule has 4 N–H and O–H groups in total. The van der Waals surface area contributed by atoms with E-state index in [1.54, 1.807) is 76.2 Å².